The van der Waals surface area contributed by atoms with Gasteiger partial charge in [-0.2, -0.15) is 0 Å². The summed E-state index contributed by atoms with van der Waals surface area (Å²) >= 11 is 3.17. The van der Waals surface area contributed by atoms with E-state index in [0.717, 1.165) is 5.69 Å². The molecule has 0 spiro atoms. The molecular formula is C13H10BrFN4O2. The summed E-state index contributed by atoms with van der Waals surface area (Å²) in [6.45, 7) is 0.258. The van der Waals surface area contributed by atoms with Crippen molar-refractivity contribution >= 4 is 33.8 Å². The molecule has 1 aromatic carbocycles. The monoisotopic (exact) mass is 352 g/mol. The molecule has 6 nitrogen and oxygen atoms in total. The first-order valence-electron chi connectivity index (χ1n) is 5.99. The summed E-state index contributed by atoms with van der Waals surface area (Å²) < 4.78 is 16.1. The van der Waals surface area contributed by atoms with Gasteiger partial charge in [0, 0.05) is 10.7 Å². The highest BCUT2D eigenvalue weighted by Crippen LogP contribution is 2.24. The molecule has 0 aliphatic carbocycles. The fourth-order valence-corrected chi connectivity index (χ4v) is 2.35. The maximum atomic E-state index is 13.9. The summed E-state index contributed by atoms with van der Waals surface area (Å²) in [5.74, 6) is -1.59. The van der Waals surface area contributed by atoms with Gasteiger partial charge in [0.2, 0.25) is 0 Å². The smallest absolute Gasteiger partial charge is 0.355 e. The zero-order chi connectivity index (χ0) is 15.0. The number of hydrogen-bond donors (Lipinski definition) is 2. The van der Waals surface area contributed by atoms with Crippen LogP contribution < -0.4 is 5.43 Å². The predicted molar refractivity (Wildman–Crippen MR) is 77.4 cm³/mol. The molecule has 2 N–H and O–H groups in total. The quantitative estimate of drug-likeness (QED) is 0.888. The van der Waals surface area contributed by atoms with Crippen LogP contribution in [0.5, 0.6) is 0 Å². The topological polar surface area (TPSA) is 70.4 Å². The molecule has 0 saturated carbocycles. The first kappa shape index (κ1) is 13.6. The third kappa shape index (κ3) is 2.62. The van der Waals surface area contributed by atoms with Crippen LogP contribution in [0.1, 0.15) is 5.69 Å². The predicted octanol–water partition coefficient (Wildman–Crippen LogP) is 2.51. The van der Waals surface area contributed by atoms with Crippen molar-refractivity contribution in [1.82, 2.24) is 14.6 Å². The SMILES string of the molecule is O=C(O)C1=Cn2cncc2CN1Nc1ccc(Br)cc1F. The summed E-state index contributed by atoms with van der Waals surface area (Å²) in [6, 6.07) is 4.51. The number of nitrogens with one attached hydrogen (secondary N) is 1. The van der Waals surface area contributed by atoms with Gasteiger partial charge in [-0.1, -0.05) is 15.9 Å². The highest BCUT2D eigenvalue weighted by atomic mass is 79.9. The van der Waals surface area contributed by atoms with Gasteiger partial charge in [0.15, 0.2) is 5.70 Å². The molecule has 1 aromatic heterocycles. The average Bonchev–Trinajstić information content (AvgIpc) is 2.88. The van der Waals surface area contributed by atoms with E-state index in [4.69, 9.17) is 0 Å². The molecule has 0 radical (unpaired) electrons. The fourth-order valence-electron chi connectivity index (χ4n) is 2.02. The third-order valence-corrected chi connectivity index (χ3v) is 3.52. The van der Waals surface area contributed by atoms with Gasteiger partial charge in [0.05, 0.1) is 30.5 Å². The number of nitrogens with zero attached hydrogens (tertiary/aromatic N) is 3. The molecule has 0 unspecified atom stereocenters. The first-order chi connectivity index (χ1) is 10.0. The molecule has 0 fully saturated rings. The summed E-state index contributed by atoms with van der Waals surface area (Å²) in [6.07, 6.45) is 4.58. The van der Waals surface area contributed by atoms with Crippen LogP contribution in [-0.4, -0.2) is 25.6 Å². The second-order valence-electron chi connectivity index (χ2n) is 4.43. The number of carboxylic acid groups (broad SMARTS) is 1. The lowest BCUT2D eigenvalue weighted by Crippen LogP contribution is -2.36. The number of hydrogen-bond acceptors (Lipinski definition) is 4. The summed E-state index contributed by atoms with van der Waals surface area (Å²) in [5.41, 5.74) is 3.78. The van der Waals surface area contributed by atoms with Crippen molar-refractivity contribution in [2.75, 3.05) is 5.43 Å². The normalized spacial score (nSPS) is 13.6. The van der Waals surface area contributed by atoms with Gasteiger partial charge in [0.25, 0.3) is 0 Å². The van der Waals surface area contributed by atoms with Gasteiger partial charge in [-0.05, 0) is 18.2 Å². The molecular weight excluding hydrogens is 343 g/mol. The Balaban J connectivity index is 1.92. The van der Waals surface area contributed by atoms with Crippen LogP contribution in [0, 0.1) is 5.82 Å². The number of rotatable bonds is 3. The number of hydrazine groups is 1. The van der Waals surface area contributed by atoms with Crippen LogP contribution in [0.4, 0.5) is 10.1 Å². The lowest BCUT2D eigenvalue weighted by molar-refractivity contribution is -0.134. The number of carboxylic acids is 1. The van der Waals surface area contributed by atoms with Crippen LogP contribution in [0.2, 0.25) is 0 Å². The highest BCUT2D eigenvalue weighted by molar-refractivity contribution is 9.10. The second kappa shape index (κ2) is 5.21. The van der Waals surface area contributed by atoms with Gasteiger partial charge in [0.1, 0.15) is 5.82 Å². The second-order valence-corrected chi connectivity index (χ2v) is 5.35. The molecule has 21 heavy (non-hydrogen) atoms. The number of carbonyl (C=O) groups is 1. The first-order valence-corrected chi connectivity index (χ1v) is 6.79. The van der Waals surface area contributed by atoms with Crippen LogP contribution in [0.15, 0.2) is 40.9 Å². The van der Waals surface area contributed by atoms with E-state index in [2.05, 4.69) is 26.3 Å². The summed E-state index contributed by atoms with van der Waals surface area (Å²) in [5, 5.41) is 10.6. The van der Waals surface area contributed by atoms with E-state index in [-0.39, 0.29) is 17.9 Å². The Morgan fingerprint density at radius 3 is 3.00 bits per heavy atom. The van der Waals surface area contributed by atoms with Gasteiger partial charge in [-0.25, -0.2) is 14.2 Å². The van der Waals surface area contributed by atoms with E-state index in [1.165, 1.54) is 29.7 Å². The lowest BCUT2D eigenvalue weighted by atomic mass is 10.3. The van der Waals surface area contributed by atoms with Crippen molar-refractivity contribution in [2.45, 2.75) is 6.54 Å². The van der Waals surface area contributed by atoms with E-state index in [1.54, 1.807) is 16.8 Å². The molecule has 0 atom stereocenters. The van der Waals surface area contributed by atoms with Gasteiger partial charge < -0.3 is 9.67 Å². The number of aliphatic carboxylic acids is 1. The minimum atomic E-state index is -1.11. The van der Waals surface area contributed by atoms with Crippen molar-refractivity contribution in [2.24, 2.45) is 0 Å². The van der Waals surface area contributed by atoms with E-state index >= 15 is 0 Å². The minimum Gasteiger partial charge on any atom is -0.476 e. The zero-order valence-corrected chi connectivity index (χ0v) is 12.2. The molecule has 1 aliphatic heterocycles. The molecule has 1 aliphatic rings. The van der Waals surface area contributed by atoms with E-state index in [9.17, 15) is 14.3 Å². The van der Waals surface area contributed by atoms with Gasteiger partial charge in [-0.15, -0.1) is 0 Å². The summed E-state index contributed by atoms with van der Waals surface area (Å²) in [4.78, 5) is 15.3. The van der Waals surface area contributed by atoms with Crippen LogP contribution in [0.3, 0.4) is 0 Å². The fraction of sp³-hybridized carbons (Fsp3) is 0.0769. The van der Waals surface area contributed by atoms with Gasteiger partial charge in [-0.3, -0.25) is 10.4 Å². The Bertz CT molecular complexity index is 744. The molecule has 3 rings (SSSR count). The van der Waals surface area contributed by atoms with Crippen molar-refractivity contribution in [3.8, 4) is 0 Å². The molecule has 2 heterocycles. The number of fused-ring (bicyclic) bond motifs is 1. The molecule has 0 amide bonds. The number of imidazole rings is 1. The van der Waals surface area contributed by atoms with Crippen molar-refractivity contribution in [3.05, 3.63) is 52.4 Å². The number of benzene rings is 1. The Hall–Kier alpha value is -2.35. The molecule has 0 bridgehead atoms. The van der Waals surface area contributed by atoms with E-state index in [1.807, 2.05) is 0 Å². The lowest BCUT2D eigenvalue weighted by Gasteiger charge is -2.29. The van der Waals surface area contributed by atoms with Crippen LogP contribution in [0.25, 0.3) is 6.20 Å². The number of aromatic nitrogens is 2. The van der Waals surface area contributed by atoms with Gasteiger partial charge >= 0.3 is 5.97 Å². The third-order valence-electron chi connectivity index (χ3n) is 3.02. The minimum absolute atomic E-state index is 0.00261. The number of halogens is 2. The molecule has 0 saturated heterocycles. The number of anilines is 1. The summed E-state index contributed by atoms with van der Waals surface area (Å²) in [7, 11) is 0. The maximum absolute atomic E-state index is 13.9. The maximum Gasteiger partial charge on any atom is 0.355 e. The Kier molecular flexibility index (Phi) is 3.38. The molecule has 8 heteroatoms. The van der Waals surface area contributed by atoms with Crippen LogP contribution in [-0.2, 0) is 11.3 Å². The Morgan fingerprint density at radius 1 is 1.48 bits per heavy atom. The molecule has 2 aromatic rings. The van der Waals surface area contributed by atoms with Crippen molar-refractivity contribution in [1.29, 1.82) is 0 Å². The van der Waals surface area contributed by atoms with Crippen molar-refractivity contribution in [3.63, 3.8) is 0 Å². The van der Waals surface area contributed by atoms with E-state index in [0.29, 0.717) is 4.47 Å². The highest BCUT2D eigenvalue weighted by Gasteiger charge is 2.24. The van der Waals surface area contributed by atoms with Crippen LogP contribution >= 0.6 is 15.9 Å². The molecule has 108 valence electrons. The largest absolute Gasteiger partial charge is 0.476 e. The standard InChI is InChI=1S/C13H10BrFN4O2/c14-8-1-2-11(10(15)3-8)17-19-5-9-4-16-7-18(9)6-12(19)13(20)21/h1-4,6-7,17H,5H2,(H,20,21). The Labute approximate surface area is 127 Å². The Morgan fingerprint density at radius 2 is 2.29 bits per heavy atom. The van der Waals surface area contributed by atoms with Crippen molar-refractivity contribution < 1.29 is 14.3 Å². The zero-order valence-electron chi connectivity index (χ0n) is 10.6. The average molecular weight is 353 g/mol. The van der Waals surface area contributed by atoms with E-state index < -0.39 is 11.8 Å².